The van der Waals surface area contributed by atoms with Crippen molar-refractivity contribution in [3.8, 4) is 11.6 Å². The van der Waals surface area contributed by atoms with E-state index in [0.717, 1.165) is 30.4 Å². The van der Waals surface area contributed by atoms with Gasteiger partial charge in [-0.2, -0.15) is 0 Å². The highest BCUT2D eigenvalue weighted by molar-refractivity contribution is 14.0. The lowest BCUT2D eigenvalue weighted by atomic mass is 10.1. The van der Waals surface area contributed by atoms with Crippen LogP contribution in [0.15, 0.2) is 41.4 Å². The first kappa shape index (κ1) is 22.0. The van der Waals surface area contributed by atoms with Crippen molar-refractivity contribution in [1.29, 1.82) is 0 Å². The molecule has 1 aromatic carbocycles. The van der Waals surface area contributed by atoms with Crippen molar-refractivity contribution in [1.82, 2.24) is 15.6 Å². The number of rotatable bonds is 7. The molecule has 2 aromatic rings. The van der Waals surface area contributed by atoms with E-state index in [1.54, 1.807) is 21.3 Å². The first-order valence-corrected chi connectivity index (χ1v) is 8.24. The van der Waals surface area contributed by atoms with E-state index in [1.165, 1.54) is 11.1 Å². The number of hydrogen-bond donors (Lipinski definition) is 2. The minimum Gasteiger partial charge on any atom is -0.496 e. The lowest BCUT2D eigenvalue weighted by Crippen LogP contribution is -2.38. The van der Waals surface area contributed by atoms with Gasteiger partial charge in [-0.25, -0.2) is 4.98 Å². The average molecular weight is 470 g/mol. The molecule has 0 aliphatic heterocycles. The zero-order chi connectivity index (χ0) is 18.1. The summed E-state index contributed by atoms with van der Waals surface area (Å²) in [5.41, 5.74) is 3.30. The zero-order valence-electron chi connectivity index (χ0n) is 15.7. The van der Waals surface area contributed by atoms with Crippen LogP contribution in [0.25, 0.3) is 0 Å². The van der Waals surface area contributed by atoms with Crippen molar-refractivity contribution in [2.24, 2.45) is 4.99 Å². The summed E-state index contributed by atoms with van der Waals surface area (Å²) >= 11 is 0. The number of halogens is 1. The van der Waals surface area contributed by atoms with Gasteiger partial charge < -0.3 is 20.1 Å². The summed E-state index contributed by atoms with van der Waals surface area (Å²) in [6, 6.07) is 11.9. The number of methoxy groups -OCH3 is 2. The molecule has 0 amide bonds. The van der Waals surface area contributed by atoms with E-state index in [0.29, 0.717) is 12.4 Å². The van der Waals surface area contributed by atoms with Crippen LogP contribution in [-0.2, 0) is 13.0 Å². The first-order chi connectivity index (χ1) is 12.2. The maximum absolute atomic E-state index is 5.42. The molecule has 0 saturated carbocycles. The SMILES string of the molecule is CN=C(NCCc1cc(C)ccc1OC)NCc1cccc(OC)n1.I. The van der Waals surface area contributed by atoms with E-state index in [2.05, 4.69) is 39.7 Å². The second-order valence-corrected chi connectivity index (χ2v) is 5.59. The van der Waals surface area contributed by atoms with Crippen LogP contribution in [0.2, 0.25) is 0 Å². The van der Waals surface area contributed by atoms with Crippen molar-refractivity contribution in [2.45, 2.75) is 19.9 Å². The Balaban J connectivity index is 0.00000338. The second kappa shape index (κ2) is 11.6. The first-order valence-electron chi connectivity index (χ1n) is 8.24. The van der Waals surface area contributed by atoms with Gasteiger partial charge in [0, 0.05) is 19.7 Å². The van der Waals surface area contributed by atoms with Gasteiger partial charge in [0.25, 0.3) is 0 Å². The molecule has 0 radical (unpaired) electrons. The van der Waals surface area contributed by atoms with Crippen LogP contribution in [-0.4, -0.2) is 38.8 Å². The Morgan fingerprint density at radius 1 is 1.12 bits per heavy atom. The fourth-order valence-electron chi connectivity index (χ4n) is 2.48. The number of aromatic nitrogens is 1. The minimum atomic E-state index is 0. The molecule has 1 heterocycles. The number of hydrogen-bond acceptors (Lipinski definition) is 4. The monoisotopic (exact) mass is 470 g/mol. The van der Waals surface area contributed by atoms with Gasteiger partial charge in [0.15, 0.2) is 5.96 Å². The molecule has 2 N–H and O–H groups in total. The van der Waals surface area contributed by atoms with Crippen molar-refractivity contribution in [3.63, 3.8) is 0 Å². The van der Waals surface area contributed by atoms with Crippen LogP contribution in [0.4, 0.5) is 0 Å². The standard InChI is InChI=1S/C19H26N4O2.HI/c1-14-8-9-17(24-3)15(12-14)10-11-21-19(20-2)22-13-16-6-5-7-18(23-16)25-4;/h5-9,12H,10-11,13H2,1-4H3,(H2,20,21,22);1H. The Bertz CT molecular complexity index is 722. The number of nitrogens with zero attached hydrogens (tertiary/aromatic N) is 2. The van der Waals surface area contributed by atoms with Crippen LogP contribution in [0.5, 0.6) is 11.6 Å². The average Bonchev–Trinajstić information content (AvgIpc) is 2.64. The highest BCUT2D eigenvalue weighted by Gasteiger charge is 2.05. The maximum atomic E-state index is 5.42. The normalized spacial score (nSPS) is 10.7. The van der Waals surface area contributed by atoms with Gasteiger partial charge in [0.2, 0.25) is 5.88 Å². The second-order valence-electron chi connectivity index (χ2n) is 5.59. The minimum absolute atomic E-state index is 0. The molecule has 6 nitrogen and oxygen atoms in total. The fraction of sp³-hybridized carbons (Fsp3) is 0.368. The molecule has 7 heteroatoms. The Labute approximate surface area is 172 Å². The molecule has 0 aliphatic rings. The molecular formula is C19H27IN4O2. The van der Waals surface area contributed by atoms with E-state index in [4.69, 9.17) is 9.47 Å². The molecule has 2 rings (SSSR count). The van der Waals surface area contributed by atoms with Crippen molar-refractivity contribution in [3.05, 3.63) is 53.2 Å². The molecule has 0 aliphatic carbocycles. The number of aryl methyl sites for hydroxylation is 1. The number of aliphatic imine (C=N–C) groups is 1. The van der Waals surface area contributed by atoms with Crippen LogP contribution < -0.4 is 20.1 Å². The van der Waals surface area contributed by atoms with Crippen LogP contribution >= 0.6 is 24.0 Å². The lowest BCUT2D eigenvalue weighted by Gasteiger charge is -2.13. The zero-order valence-corrected chi connectivity index (χ0v) is 18.0. The topological polar surface area (TPSA) is 67.8 Å². The molecule has 142 valence electrons. The van der Waals surface area contributed by atoms with Gasteiger partial charge in [-0.1, -0.05) is 23.8 Å². The van der Waals surface area contributed by atoms with Gasteiger partial charge in [0.05, 0.1) is 26.5 Å². The Morgan fingerprint density at radius 3 is 2.62 bits per heavy atom. The summed E-state index contributed by atoms with van der Waals surface area (Å²) in [4.78, 5) is 8.61. The summed E-state index contributed by atoms with van der Waals surface area (Å²) in [7, 11) is 5.06. The van der Waals surface area contributed by atoms with Crippen molar-refractivity contribution >= 4 is 29.9 Å². The number of nitrogens with one attached hydrogen (secondary N) is 2. The lowest BCUT2D eigenvalue weighted by molar-refractivity contribution is 0.396. The van der Waals surface area contributed by atoms with Crippen LogP contribution in [0.1, 0.15) is 16.8 Å². The predicted octanol–water partition coefficient (Wildman–Crippen LogP) is 2.93. The molecule has 0 unspecified atom stereocenters. The number of pyridine rings is 1. The summed E-state index contributed by atoms with van der Waals surface area (Å²) in [5.74, 6) is 2.25. The maximum Gasteiger partial charge on any atom is 0.213 e. The largest absolute Gasteiger partial charge is 0.496 e. The Hall–Kier alpha value is -2.03. The molecule has 26 heavy (non-hydrogen) atoms. The third kappa shape index (κ3) is 6.70. The number of guanidine groups is 1. The highest BCUT2D eigenvalue weighted by Crippen LogP contribution is 2.19. The summed E-state index contributed by atoms with van der Waals surface area (Å²) in [6.07, 6.45) is 0.850. The third-order valence-corrected chi connectivity index (χ3v) is 3.77. The van der Waals surface area contributed by atoms with Gasteiger partial charge in [0.1, 0.15) is 5.75 Å². The quantitative estimate of drug-likeness (QED) is 0.370. The molecule has 0 saturated heterocycles. The summed E-state index contributed by atoms with van der Waals surface area (Å²) in [6.45, 7) is 3.41. The fourth-order valence-corrected chi connectivity index (χ4v) is 2.48. The molecule has 0 bridgehead atoms. The van der Waals surface area contributed by atoms with E-state index < -0.39 is 0 Å². The predicted molar refractivity (Wildman–Crippen MR) is 116 cm³/mol. The molecular weight excluding hydrogens is 443 g/mol. The smallest absolute Gasteiger partial charge is 0.213 e. The van der Waals surface area contributed by atoms with Gasteiger partial charge >= 0.3 is 0 Å². The highest BCUT2D eigenvalue weighted by atomic mass is 127. The van der Waals surface area contributed by atoms with E-state index >= 15 is 0 Å². The molecule has 1 aromatic heterocycles. The van der Waals surface area contributed by atoms with E-state index in [-0.39, 0.29) is 24.0 Å². The van der Waals surface area contributed by atoms with Gasteiger partial charge in [-0.15, -0.1) is 24.0 Å². The summed E-state index contributed by atoms with van der Waals surface area (Å²) in [5, 5.41) is 6.56. The van der Waals surface area contributed by atoms with Crippen molar-refractivity contribution in [2.75, 3.05) is 27.8 Å². The summed E-state index contributed by atoms with van der Waals surface area (Å²) < 4.78 is 10.6. The molecule has 0 atom stereocenters. The Kier molecular flexibility index (Phi) is 9.79. The van der Waals surface area contributed by atoms with Gasteiger partial charge in [-0.3, -0.25) is 4.99 Å². The molecule has 0 fully saturated rings. The van der Waals surface area contributed by atoms with Crippen LogP contribution in [0, 0.1) is 6.92 Å². The number of benzene rings is 1. The van der Waals surface area contributed by atoms with E-state index in [1.807, 2.05) is 24.3 Å². The molecule has 0 spiro atoms. The van der Waals surface area contributed by atoms with E-state index in [9.17, 15) is 0 Å². The Morgan fingerprint density at radius 2 is 1.92 bits per heavy atom. The van der Waals surface area contributed by atoms with Crippen molar-refractivity contribution < 1.29 is 9.47 Å². The van der Waals surface area contributed by atoms with Gasteiger partial charge in [-0.05, 0) is 31.0 Å². The number of ether oxygens (including phenoxy) is 2. The van der Waals surface area contributed by atoms with Crippen LogP contribution in [0.3, 0.4) is 0 Å². The third-order valence-electron chi connectivity index (χ3n) is 3.77.